The van der Waals surface area contributed by atoms with Crippen LogP contribution in [0.4, 0.5) is 11.4 Å². The van der Waals surface area contributed by atoms with Gasteiger partial charge in [-0.15, -0.1) is 0 Å². The molecule has 0 aliphatic carbocycles. The molecule has 0 unspecified atom stereocenters. The van der Waals surface area contributed by atoms with Crippen LogP contribution in [0.1, 0.15) is 12.8 Å². The monoisotopic (exact) mass is 410 g/mol. The number of piperidine rings is 1. The van der Waals surface area contributed by atoms with E-state index in [1.54, 1.807) is 0 Å². The molecule has 2 saturated heterocycles. The number of nitro groups is 1. The second-order valence-electron chi connectivity index (χ2n) is 7.24. The average molecular weight is 411 g/mol. The Bertz CT molecular complexity index is 854. The summed E-state index contributed by atoms with van der Waals surface area (Å²) in [7, 11) is 0.104. The Balaban J connectivity index is 1.90. The molecule has 1 N–H and O–H groups in total. The number of sulfonamides is 1. The number of benzene rings is 1. The van der Waals surface area contributed by atoms with Crippen LogP contribution in [0.25, 0.3) is 0 Å². The molecular weight excluding hydrogens is 384 g/mol. The molecule has 2 aliphatic heterocycles. The van der Waals surface area contributed by atoms with Gasteiger partial charge in [0.25, 0.3) is 5.69 Å². The van der Waals surface area contributed by atoms with Crippen molar-refractivity contribution in [3.05, 3.63) is 28.3 Å². The van der Waals surface area contributed by atoms with Gasteiger partial charge in [-0.1, -0.05) is 0 Å². The third-order valence-electron chi connectivity index (χ3n) is 5.15. The number of anilines is 1. The summed E-state index contributed by atoms with van der Waals surface area (Å²) in [6.07, 6.45) is 1.61. The number of piperazine rings is 1. The Labute approximate surface area is 165 Å². The molecule has 2 aliphatic rings. The molecule has 11 heteroatoms. The van der Waals surface area contributed by atoms with Crippen molar-refractivity contribution in [2.24, 2.45) is 5.10 Å². The van der Waals surface area contributed by atoms with Crippen LogP contribution in [0.15, 0.2) is 28.2 Å². The second-order valence-corrected chi connectivity index (χ2v) is 9.14. The van der Waals surface area contributed by atoms with Crippen LogP contribution in [-0.4, -0.2) is 86.5 Å². The highest BCUT2D eigenvalue weighted by atomic mass is 32.2. The minimum Gasteiger partial charge on any atom is -0.306 e. The first-order valence-electron chi connectivity index (χ1n) is 9.24. The smallest absolute Gasteiger partial charge is 0.270 e. The highest BCUT2D eigenvalue weighted by Crippen LogP contribution is 2.29. The Morgan fingerprint density at radius 3 is 2.25 bits per heavy atom. The molecule has 3 rings (SSSR count). The molecule has 0 amide bonds. The van der Waals surface area contributed by atoms with E-state index in [9.17, 15) is 18.5 Å². The van der Waals surface area contributed by atoms with Gasteiger partial charge in [0.2, 0.25) is 10.0 Å². The molecular formula is C17H26N6O4S. The van der Waals surface area contributed by atoms with Gasteiger partial charge in [-0.2, -0.15) is 9.41 Å². The number of nitrogens with one attached hydrogen (secondary N) is 1. The summed E-state index contributed by atoms with van der Waals surface area (Å²) in [6, 6.07) is 3.82. The minimum atomic E-state index is -3.87. The second kappa shape index (κ2) is 8.52. The fourth-order valence-electron chi connectivity index (χ4n) is 3.23. The molecule has 2 heterocycles. The van der Waals surface area contributed by atoms with Gasteiger partial charge in [0.15, 0.2) is 0 Å². The minimum absolute atomic E-state index is 0.108. The molecule has 154 valence electrons. The first kappa shape index (κ1) is 20.6. The number of hydrogen-bond donors (Lipinski definition) is 1. The Kier molecular flexibility index (Phi) is 6.28. The maximum absolute atomic E-state index is 13.2. The molecule has 0 spiro atoms. The van der Waals surface area contributed by atoms with E-state index >= 15 is 0 Å². The molecule has 1 aromatic rings. The lowest BCUT2D eigenvalue weighted by Gasteiger charge is -2.31. The number of likely N-dealkylation sites (tertiary alicyclic amines) is 1. The van der Waals surface area contributed by atoms with Crippen molar-refractivity contribution in [1.82, 2.24) is 14.1 Å². The molecule has 0 bridgehead atoms. The van der Waals surface area contributed by atoms with Gasteiger partial charge in [0.05, 0.1) is 10.6 Å². The van der Waals surface area contributed by atoms with Crippen molar-refractivity contribution in [3.8, 4) is 0 Å². The number of nitro benzene ring substituents is 1. The van der Waals surface area contributed by atoms with Crippen LogP contribution in [-0.2, 0) is 10.0 Å². The molecule has 0 aromatic heterocycles. The molecule has 1 aromatic carbocycles. The van der Waals surface area contributed by atoms with Gasteiger partial charge in [-0.25, -0.2) is 8.42 Å². The zero-order valence-electron chi connectivity index (χ0n) is 16.2. The van der Waals surface area contributed by atoms with Crippen LogP contribution in [0.5, 0.6) is 0 Å². The number of likely N-dealkylation sites (N-methyl/N-ethyl adjacent to an activating group) is 1. The first-order chi connectivity index (χ1) is 13.3. The van der Waals surface area contributed by atoms with Crippen molar-refractivity contribution < 1.29 is 13.3 Å². The van der Waals surface area contributed by atoms with E-state index in [-0.39, 0.29) is 16.3 Å². The predicted octanol–water partition coefficient (Wildman–Crippen LogP) is 1.02. The van der Waals surface area contributed by atoms with E-state index < -0.39 is 14.9 Å². The zero-order chi connectivity index (χ0) is 20.3. The Morgan fingerprint density at radius 2 is 1.64 bits per heavy atom. The van der Waals surface area contributed by atoms with Crippen LogP contribution in [0.3, 0.4) is 0 Å². The normalized spacial score (nSPS) is 20.1. The fourth-order valence-corrected chi connectivity index (χ4v) is 4.81. The van der Waals surface area contributed by atoms with E-state index in [4.69, 9.17) is 0 Å². The summed E-state index contributed by atoms with van der Waals surface area (Å²) >= 11 is 0. The maximum atomic E-state index is 13.2. The number of nitrogens with zero attached hydrogens (tertiary/aromatic N) is 5. The highest BCUT2D eigenvalue weighted by Gasteiger charge is 2.31. The van der Waals surface area contributed by atoms with Gasteiger partial charge < -0.3 is 9.80 Å². The first-order valence-corrected chi connectivity index (χ1v) is 10.7. The van der Waals surface area contributed by atoms with Crippen molar-refractivity contribution in [2.45, 2.75) is 17.7 Å². The summed E-state index contributed by atoms with van der Waals surface area (Å²) in [4.78, 5) is 14.7. The molecule has 0 atom stereocenters. The molecule has 0 radical (unpaired) electrons. The van der Waals surface area contributed by atoms with E-state index in [2.05, 4.69) is 15.4 Å². The number of rotatable bonds is 5. The third kappa shape index (κ3) is 4.66. The van der Waals surface area contributed by atoms with Crippen LogP contribution in [0, 0.1) is 10.1 Å². The topological polar surface area (TPSA) is 111 Å². The lowest BCUT2D eigenvalue weighted by atomic mass is 10.1. The summed E-state index contributed by atoms with van der Waals surface area (Å²) in [5, 5.41) is 15.6. The average Bonchev–Trinajstić information content (AvgIpc) is 2.67. The Hall–Kier alpha value is -2.08. The highest BCUT2D eigenvalue weighted by molar-refractivity contribution is 7.89. The van der Waals surface area contributed by atoms with E-state index in [1.165, 1.54) is 16.4 Å². The molecule has 10 nitrogen and oxygen atoms in total. The fraction of sp³-hybridized carbons (Fsp3) is 0.588. The predicted molar refractivity (Wildman–Crippen MR) is 107 cm³/mol. The van der Waals surface area contributed by atoms with Crippen molar-refractivity contribution in [2.75, 3.05) is 58.8 Å². The van der Waals surface area contributed by atoms with Gasteiger partial charge in [-0.3, -0.25) is 15.5 Å². The molecule has 0 saturated carbocycles. The van der Waals surface area contributed by atoms with Crippen molar-refractivity contribution >= 4 is 27.1 Å². The third-order valence-corrected chi connectivity index (χ3v) is 7.09. The van der Waals surface area contributed by atoms with Crippen LogP contribution >= 0.6 is 0 Å². The summed E-state index contributed by atoms with van der Waals surface area (Å²) in [5.74, 6) is 0. The van der Waals surface area contributed by atoms with Gasteiger partial charge in [-0.05, 0) is 20.2 Å². The van der Waals surface area contributed by atoms with Crippen molar-refractivity contribution in [3.63, 3.8) is 0 Å². The van der Waals surface area contributed by atoms with E-state index in [0.29, 0.717) is 26.2 Å². The number of hydrazone groups is 1. The van der Waals surface area contributed by atoms with Crippen molar-refractivity contribution in [1.29, 1.82) is 0 Å². The SMILES string of the molecule is CN1CCC(=NNc2ccc([N+](=O)[O-])cc2S(=O)(=O)N2CCN(C)CC2)CC1. The standard InChI is InChI=1S/C17H26N6O4S/c1-20-7-5-14(6-8-20)18-19-16-4-3-15(23(24)25)13-17(16)28(26,27)22-11-9-21(2)10-12-22/h3-4,13,19H,5-12H2,1-2H3. The van der Waals surface area contributed by atoms with Gasteiger partial charge >= 0.3 is 0 Å². The van der Waals surface area contributed by atoms with Crippen LogP contribution in [0.2, 0.25) is 0 Å². The molecule has 28 heavy (non-hydrogen) atoms. The maximum Gasteiger partial charge on any atom is 0.270 e. The quantitative estimate of drug-likeness (QED) is 0.570. The summed E-state index contributed by atoms with van der Waals surface area (Å²) in [6.45, 7) is 3.73. The largest absolute Gasteiger partial charge is 0.306 e. The van der Waals surface area contributed by atoms with Gasteiger partial charge in [0.1, 0.15) is 4.90 Å². The van der Waals surface area contributed by atoms with E-state index in [1.807, 2.05) is 19.0 Å². The lowest BCUT2D eigenvalue weighted by Crippen LogP contribution is -2.47. The summed E-state index contributed by atoms with van der Waals surface area (Å²) < 4.78 is 27.7. The van der Waals surface area contributed by atoms with Gasteiger partial charge in [0, 0.05) is 70.0 Å². The zero-order valence-corrected chi connectivity index (χ0v) is 17.0. The van der Waals surface area contributed by atoms with Crippen LogP contribution < -0.4 is 5.43 Å². The number of hydrogen-bond acceptors (Lipinski definition) is 8. The summed E-state index contributed by atoms with van der Waals surface area (Å²) in [5.41, 5.74) is 3.81. The number of non-ortho nitro benzene ring substituents is 1. The van der Waals surface area contributed by atoms with E-state index in [0.717, 1.165) is 37.7 Å². The Morgan fingerprint density at radius 1 is 1.04 bits per heavy atom. The lowest BCUT2D eigenvalue weighted by molar-refractivity contribution is -0.385. The molecule has 2 fully saturated rings.